The predicted molar refractivity (Wildman–Crippen MR) is 59.8 cm³/mol. The fourth-order valence-electron chi connectivity index (χ4n) is 1.83. The molecule has 0 saturated carbocycles. The molecule has 1 atom stereocenters. The van der Waals surface area contributed by atoms with Crippen molar-refractivity contribution < 1.29 is 4.79 Å². The Morgan fingerprint density at radius 2 is 2.07 bits per heavy atom. The van der Waals surface area contributed by atoms with Gasteiger partial charge in [0.25, 0.3) is 0 Å². The lowest BCUT2D eigenvalue weighted by Gasteiger charge is -2.34. The van der Waals surface area contributed by atoms with E-state index in [1.54, 1.807) is 6.07 Å². The van der Waals surface area contributed by atoms with Gasteiger partial charge >= 0.3 is 0 Å². The van der Waals surface area contributed by atoms with E-state index < -0.39 is 5.54 Å². The van der Waals surface area contributed by atoms with Crippen LogP contribution in [0.2, 0.25) is 5.02 Å². The molecule has 0 bridgehead atoms. The molecule has 4 heteroatoms. The number of nitrogens with one attached hydrogen (secondary N) is 2. The Kier molecular flexibility index (Phi) is 2.67. The van der Waals surface area contributed by atoms with Crippen molar-refractivity contribution in [2.24, 2.45) is 0 Å². The number of benzene rings is 1. The lowest BCUT2D eigenvalue weighted by atomic mass is 9.89. The zero-order chi connectivity index (χ0) is 10.9. The number of hydrogen-bond donors (Lipinski definition) is 2. The van der Waals surface area contributed by atoms with E-state index in [0.29, 0.717) is 11.6 Å². The third-order valence-electron chi connectivity index (χ3n) is 2.76. The SMILES string of the molecule is CC1(c2ccccc2Cl)NCCNC1=O. The molecule has 1 aromatic carbocycles. The highest BCUT2D eigenvalue weighted by Crippen LogP contribution is 2.28. The quantitative estimate of drug-likeness (QED) is 0.755. The summed E-state index contributed by atoms with van der Waals surface area (Å²) in [5.74, 6) is -0.0261. The molecule has 1 amide bonds. The molecule has 1 aliphatic rings. The Morgan fingerprint density at radius 1 is 1.33 bits per heavy atom. The van der Waals surface area contributed by atoms with Gasteiger partial charge in [0, 0.05) is 18.1 Å². The van der Waals surface area contributed by atoms with Crippen LogP contribution in [-0.2, 0) is 10.3 Å². The van der Waals surface area contributed by atoms with E-state index in [9.17, 15) is 4.79 Å². The molecule has 15 heavy (non-hydrogen) atoms. The summed E-state index contributed by atoms with van der Waals surface area (Å²) in [7, 11) is 0. The Morgan fingerprint density at radius 3 is 2.73 bits per heavy atom. The minimum atomic E-state index is -0.712. The number of carbonyl (C=O) groups is 1. The van der Waals surface area contributed by atoms with Crippen LogP contribution in [0, 0.1) is 0 Å². The second kappa shape index (κ2) is 3.83. The summed E-state index contributed by atoms with van der Waals surface area (Å²) in [4.78, 5) is 11.8. The summed E-state index contributed by atoms with van der Waals surface area (Å²) in [6.07, 6.45) is 0. The van der Waals surface area contributed by atoms with Gasteiger partial charge in [-0.05, 0) is 18.6 Å². The van der Waals surface area contributed by atoms with Gasteiger partial charge in [-0.1, -0.05) is 29.8 Å². The van der Waals surface area contributed by atoms with Gasteiger partial charge < -0.3 is 5.32 Å². The molecule has 1 aromatic rings. The molecule has 1 saturated heterocycles. The molecule has 1 fully saturated rings. The van der Waals surface area contributed by atoms with Crippen LogP contribution in [0.3, 0.4) is 0 Å². The number of hydrogen-bond acceptors (Lipinski definition) is 2. The molecule has 2 N–H and O–H groups in total. The summed E-state index contributed by atoms with van der Waals surface area (Å²) in [6.45, 7) is 3.27. The molecule has 0 aromatic heterocycles. The Hall–Kier alpha value is -1.06. The minimum Gasteiger partial charge on any atom is -0.353 e. The number of rotatable bonds is 1. The van der Waals surface area contributed by atoms with Gasteiger partial charge in [0.2, 0.25) is 5.91 Å². The van der Waals surface area contributed by atoms with E-state index in [4.69, 9.17) is 11.6 Å². The Balaban J connectivity index is 2.44. The van der Waals surface area contributed by atoms with Crippen molar-refractivity contribution in [3.05, 3.63) is 34.9 Å². The van der Waals surface area contributed by atoms with Crippen LogP contribution in [0.15, 0.2) is 24.3 Å². The average molecular weight is 225 g/mol. The van der Waals surface area contributed by atoms with Gasteiger partial charge in [0.15, 0.2) is 0 Å². The van der Waals surface area contributed by atoms with Crippen molar-refractivity contribution in [3.63, 3.8) is 0 Å². The normalized spacial score (nSPS) is 26.1. The third kappa shape index (κ3) is 1.73. The van der Waals surface area contributed by atoms with Gasteiger partial charge in [0.1, 0.15) is 5.54 Å². The van der Waals surface area contributed by atoms with Gasteiger partial charge in [0.05, 0.1) is 0 Å². The molecule has 1 unspecified atom stereocenters. The molecule has 1 aliphatic heterocycles. The van der Waals surface area contributed by atoms with Crippen molar-refractivity contribution in [1.82, 2.24) is 10.6 Å². The van der Waals surface area contributed by atoms with E-state index >= 15 is 0 Å². The molecule has 3 nitrogen and oxygen atoms in total. The van der Waals surface area contributed by atoms with E-state index in [1.807, 2.05) is 25.1 Å². The topological polar surface area (TPSA) is 41.1 Å². The van der Waals surface area contributed by atoms with E-state index in [2.05, 4.69) is 10.6 Å². The van der Waals surface area contributed by atoms with Crippen molar-refractivity contribution in [1.29, 1.82) is 0 Å². The van der Waals surface area contributed by atoms with Crippen molar-refractivity contribution in [3.8, 4) is 0 Å². The smallest absolute Gasteiger partial charge is 0.244 e. The Bertz CT molecular complexity index is 394. The molecular formula is C11H13ClN2O. The fraction of sp³-hybridized carbons (Fsp3) is 0.364. The van der Waals surface area contributed by atoms with Crippen molar-refractivity contribution in [2.75, 3.05) is 13.1 Å². The summed E-state index contributed by atoms with van der Waals surface area (Å²) in [6, 6.07) is 7.41. The lowest BCUT2D eigenvalue weighted by molar-refractivity contribution is -0.128. The van der Waals surface area contributed by atoms with Crippen LogP contribution >= 0.6 is 11.6 Å². The molecule has 0 aliphatic carbocycles. The zero-order valence-corrected chi connectivity index (χ0v) is 9.27. The number of piperazine rings is 1. The van der Waals surface area contributed by atoms with Gasteiger partial charge in [-0.25, -0.2) is 0 Å². The van der Waals surface area contributed by atoms with Crippen molar-refractivity contribution in [2.45, 2.75) is 12.5 Å². The number of halogens is 1. The first-order valence-electron chi connectivity index (χ1n) is 4.93. The first-order valence-corrected chi connectivity index (χ1v) is 5.31. The first-order chi connectivity index (χ1) is 7.14. The average Bonchev–Trinajstić information content (AvgIpc) is 2.23. The first kappa shape index (κ1) is 10.5. The van der Waals surface area contributed by atoms with Crippen molar-refractivity contribution >= 4 is 17.5 Å². The maximum atomic E-state index is 11.8. The highest BCUT2D eigenvalue weighted by Gasteiger charge is 2.38. The molecule has 1 heterocycles. The maximum absolute atomic E-state index is 11.8. The minimum absolute atomic E-state index is 0.0261. The van der Waals surface area contributed by atoms with Crippen LogP contribution < -0.4 is 10.6 Å². The molecule has 80 valence electrons. The van der Waals surface area contributed by atoms with Gasteiger partial charge in [-0.3, -0.25) is 10.1 Å². The third-order valence-corrected chi connectivity index (χ3v) is 3.09. The van der Waals surface area contributed by atoms with E-state index in [0.717, 1.165) is 12.1 Å². The predicted octanol–water partition coefficient (Wildman–Crippen LogP) is 1.27. The van der Waals surface area contributed by atoms with Crippen LogP contribution in [0.5, 0.6) is 0 Å². The molecule has 2 rings (SSSR count). The monoisotopic (exact) mass is 224 g/mol. The van der Waals surface area contributed by atoms with Gasteiger partial charge in [-0.15, -0.1) is 0 Å². The lowest BCUT2D eigenvalue weighted by Crippen LogP contribution is -2.59. The number of carbonyl (C=O) groups excluding carboxylic acids is 1. The summed E-state index contributed by atoms with van der Waals surface area (Å²) >= 11 is 6.09. The summed E-state index contributed by atoms with van der Waals surface area (Å²) in [5.41, 5.74) is 0.111. The molecule has 0 radical (unpaired) electrons. The van der Waals surface area contributed by atoms with E-state index in [1.165, 1.54) is 0 Å². The van der Waals surface area contributed by atoms with Crippen LogP contribution in [0.25, 0.3) is 0 Å². The largest absolute Gasteiger partial charge is 0.353 e. The van der Waals surface area contributed by atoms with Crippen LogP contribution in [-0.4, -0.2) is 19.0 Å². The highest BCUT2D eigenvalue weighted by molar-refractivity contribution is 6.31. The highest BCUT2D eigenvalue weighted by atomic mass is 35.5. The maximum Gasteiger partial charge on any atom is 0.244 e. The summed E-state index contributed by atoms with van der Waals surface area (Å²) in [5, 5.41) is 6.66. The standard InChI is InChI=1S/C11H13ClN2O/c1-11(10(15)13-6-7-14-11)8-4-2-3-5-9(8)12/h2-5,14H,6-7H2,1H3,(H,13,15). The molecular weight excluding hydrogens is 212 g/mol. The van der Waals surface area contributed by atoms with Crippen LogP contribution in [0.1, 0.15) is 12.5 Å². The second-order valence-electron chi connectivity index (χ2n) is 3.79. The summed E-state index contributed by atoms with van der Waals surface area (Å²) < 4.78 is 0. The zero-order valence-electron chi connectivity index (χ0n) is 8.51. The fourth-order valence-corrected chi connectivity index (χ4v) is 2.15. The van der Waals surface area contributed by atoms with Gasteiger partial charge in [-0.2, -0.15) is 0 Å². The number of amides is 1. The van der Waals surface area contributed by atoms with E-state index in [-0.39, 0.29) is 5.91 Å². The second-order valence-corrected chi connectivity index (χ2v) is 4.19. The Labute approximate surface area is 93.8 Å². The van der Waals surface area contributed by atoms with Crippen LogP contribution in [0.4, 0.5) is 0 Å². The molecule has 0 spiro atoms.